The summed E-state index contributed by atoms with van der Waals surface area (Å²) in [6, 6.07) is -0.462. The summed E-state index contributed by atoms with van der Waals surface area (Å²) in [4.78, 5) is 25.1. The molecule has 0 aliphatic carbocycles. The molecule has 2 heterocycles. The fourth-order valence-corrected chi connectivity index (χ4v) is 2.69. The summed E-state index contributed by atoms with van der Waals surface area (Å²) in [5.74, 6) is -0.452. The molecule has 2 rings (SSSR count). The number of alkyl halides is 3. The number of carbonyl (C=O) groups is 2. The fourth-order valence-electron chi connectivity index (χ4n) is 2.69. The number of likely N-dealkylation sites (tertiary alicyclic amines) is 1. The van der Waals surface area contributed by atoms with Crippen LogP contribution in [0.4, 0.5) is 18.0 Å². The zero-order valence-electron chi connectivity index (χ0n) is 13.4. The predicted octanol–water partition coefficient (Wildman–Crippen LogP) is 1.38. The van der Waals surface area contributed by atoms with E-state index in [0.29, 0.717) is 19.5 Å². The van der Waals surface area contributed by atoms with Crippen molar-refractivity contribution in [2.24, 2.45) is 0 Å². The first-order valence-corrected chi connectivity index (χ1v) is 7.61. The molecule has 7 nitrogen and oxygen atoms in total. The molecule has 0 spiro atoms. The minimum atomic E-state index is -4.47. The van der Waals surface area contributed by atoms with Gasteiger partial charge in [-0.15, -0.1) is 0 Å². The van der Waals surface area contributed by atoms with Gasteiger partial charge in [-0.1, -0.05) is 0 Å². The quantitative estimate of drug-likeness (QED) is 0.866. The van der Waals surface area contributed by atoms with Crippen LogP contribution in [0.25, 0.3) is 0 Å². The number of halogens is 3. The summed E-state index contributed by atoms with van der Waals surface area (Å²) in [6.07, 6.45) is -1.75. The number of imide groups is 1. The number of nitrogens with zero attached hydrogens (tertiary/aromatic N) is 3. The Balaban J connectivity index is 2.02. The van der Waals surface area contributed by atoms with Crippen LogP contribution in [-0.4, -0.2) is 52.8 Å². The highest BCUT2D eigenvalue weighted by molar-refractivity contribution is 5.96. The van der Waals surface area contributed by atoms with Gasteiger partial charge in [0.2, 0.25) is 5.91 Å². The third-order valence-electron chi connectivity index (χ3n) is 4.09. The van der Waals surface area contributed by atoms with E-state index in [1.165, 1.54) is 17.9 Å². The van der Waals surface area contributed by atoms with Crippen molar-refractivity contribution in [3.63, 3.8) is 0 Å². The van der Waals surface area contributed by atoms with Crippen LogP contribution in [-0.2, 0) is 11.0 Å². The van der Waals surface area contributed by atoms with Gasteiger partial charge in [0.1, 0.15) is 0 Å². The number of hydrogen-bond acceptors (Lipinski definition) is 4. The number of amides is 3. The van der Waals surface area contributed by atoms with Gasteiger partial charge in [0.25, 0.3) is 0 Å². The number of hydrogen-bond donors (Lipinski definition) is 2. The second kappa shape index (κ2) is 7.20. The monoisotopic (exact) mass is 347 g/mol. The van der Waals surface area contributed by atoms with Crippen LogP contribution in [0.2, 0.25) is 0 Å². The van der Waals surface area contributed by atoms with Crippen LogP contribution in [0.3, 0.4) is 0 Å². The van der Waals surface area contributed by atoms with Crippen LogP contribution < -0.4 is 10.6 Å². The Bertz CT molecular complexity index is 601. The normalized spacial score (nSPS) is 20.5. The SMILES string of the molecule is CNC(=O)NC(=O)[C@H](C)N1CCC[C@H](n2ccc(C(F)(F)F)n2)C1. The molecule has 0 unspecified atom stereocenters. The molecular formula is C14H20F3N5O2. The molecular weight excluding hydrogens is 327 g/mol. The summed E-state index contributed by atoms with van der Waals surface area (Å²) < 4.78 is 39.3. The number of aromatic nitrogens is 2. The van der Waals surface area contributed by atoms with Gasteiger partial charge in [0.15, 0.2) is 5.69 Å². The van der Waals surface area contributed by atoms with E-state index in [2.05, 4.69) is 15.7 Å². The molecule has 3 amide bonds. The van der Waals surface area contributed by atoms with Crippen molar-refractivity contribution in [3.05, 3.63) is 18.0 Å². The number of urea groups is 1. The Morgan fingerprint density at radius 1 is 1.42 bits per heavy atom. The van der Waals surface area contributed by atoms with E-state index in [9.17, 15) is 22.8 Å². The number of carbonyl (C=O) groups excluding carboxylic acids is 2. The van der Waals surface area contributed by atoms with Gasteiger partial charge in [-0.05, 0) is 32.4 Å². The third kappa shape index (κ3) is 4.25. The van der Waals surface area contributed by atoms with Crippen LogP contribution >= 0.6 is 0 Å². The zero-order valence-corrected chi connectivity index (χ0v) is 13.4. The largest absolute Gasteiger partial charge is 0.435 e. The van der Waals surface area contributed by atoms with E-state index < -0.39 is 29.9 Å². The highest BCUT2D eigenvalue weighted by atomic mass is 19.4. The lowest BCUT2D eigenvalue weighted by molar-refractivity contribution is -0.141. The van der Waals surface area contributed by atoms with Gasteiger partial charge in [-0.2, -0.15) is 18.3 Å². The Labute approximate surface area is 137 Å². The van der Waals surface area contributed by atoms with E-state index in [4.69, 9.17) is 0 Å². The Morgan fingerprint density at radius 3 is 2.71 bits per heavy atom. The lowest BCUT2D eigenvalue weighted by atomic mass is 10.0. The van der Waals surface area contributed by atoms with Crippen LogP contribution in [0.1, 0.15) is 31.5 Å². The van der Waals surface area contributed by atoms with Gasteiger partial charge in [0.05, 0.1) is 12.1 Å². The number of nitrogens with one attached hydrogen (secondary N) is 2. The summed E-state index contributed by atoms with van der Waals surface area (Å²) in [5, 5.41) is 8.10. The lowest BCUT2D eigenvalue weighted by Crippen LogP contribution is -2.51. The first kappa shape index (κ1) is 18.2. The lowest BCUT2D eigenvalue weighted by Gasteiger charge is -2.36. The van der Waals surface area contributed by atoms with Crippen LogP contribution in [0.5, 0.6) is 0 Å². The maximum absolute atomic E-state index is 12.7. The Morgan fingerprint density at radius 2 is 2.12 bits per heavy atom. The molecule has 0 radical (unpaired) electrons. The molecule has 1 aromatic heterocycles. The smallest absolute Gasteiger partial charge is 0.341 e. The maximum atomic E-state index is 12.7. The van der Waals surface area contributed by atoms with Crippen molar-refractivity contribution in [2.45, 2.75) is 38.0 Å². The van der Waals surface area contributed by atoms with Crippen LogP contribution in [0.15, 0.2) is 12.3 Å². The molecule has 1 fully saturated rings. The van der Waals surface area contributed by atoms with Gasteiger partial charge in [-0.3, -0.25) is 19.7 Å². The molecule has 0 aromatic carbocycles. The molecule has 1 aliphatic rings. The van der Waals surface area contributed by atoms with Crippen molar-refractivity contribution in [2.75, 3.05) is 20.1 Å². The fraction of sp³-hybridized carbons (Fsp3) is 0.643. The summed E-state index contributed by atoms with van der Waals surface area (Å²) in [5.41, 5.74) is -0.926. The number of piperidine rings is 1. The minimum Gasteiger partial charge on any atom is -0.341 e. The molecule has 2 atom stereocenters. The van der Waals surface area contributed by atoms with Crippen molar-refractivity contribution in [1.82, 2.24) is 25.3 Å². The second-order valence-corrected chi connectivity index (χ2v) is 5.71. The second-order valence-electron chi connectivity index (χ2n) is 5.71. The predicted molar refractivity (Wildman–Crippen MR) is 79.1 cm³/mol. The molecule has 1 aliphatic heterocycles. The molecule has 24 heavy (non-hydrogen) atoms. The summed E-state index contributed by atoms with van der Waals surface area (Å²) >= 11 is 0. The highest BCUT2D eigenvalue weighted by Crippen LogP contribution is 2.29. The third-order valence-corrected chi connectivity index (χ3v) is 4.09. The van der Waals surface area contributed by atoms with Gasteiger partial charge < -0.3 is 5.32 Å². The first-order chi connectivity index (χ1) is 11.2. The van der Waals surface area contributed by atoms with Crippen molar-refractivity contribution >= 4 is 11.9 Å². The Hall–Kier alpha value is -2.10. The Kier molecular flexibility index (Phi) is 5.47. The van der Waals surface area contributed by atoms with Crippen molar-refractivity contribution < 1.29 is 22.8 Å². The number of rotatable bonds is 3. The molecule has 1 saturated heterocycles. The standard InChI is InChI=1S/C14H20F3N5O2/c1-9(12(23)19-13(24)18-2)21-6-3-4-10(8-21)22-7-5-11(20-22)14(15,16)17/h5,7,9-10H,3-4,6,8H2,1-2H3,(H2,18,19,23,24)/t9-,10-/m0/s1. The maximum Gasteiger partial charge on any atom is 0.435 e. The van der Waals surface area contributed by atoms with E-state index in [1.807, 2.05) is 4.90 Å². The van der Waals surface area contributed by atoms with Gasteiger partial charge in [0, 0.05) is 19.8 Å². The highest BCUT2D eigenvalue weighted by Gasteiger charge is 2.35. The van der Waals surface area contributed by atoms with Crippen molar-refractivity contribution in [1.29, 1.82) is 0 Å². The average Bonchev–Trinajstić information content (AvgIpc) is 3.04. The van der Waals surface area contributed by atoms with Crippen molar-refractivity contribution in [3.8, 4) is 0 Å². The molecule has 2 N–H and O–H groups in total. The van der Waals surface area contributed by atoms with Crippen LogP contribution in [0, 0.1) is 0 Å². The topological polar surface area (TPSA) is 79.3 Å². The van der Waals surface area contributed by atoms with E-state index in [1.54, 1.807) is 6.92 Å². The molecule has 134 valence electrons. The van der Waals surface area contributed by atoms with E-state index >= 15 is 0 Å². The van der Waals surface area contributed by atoms with E-state index in [-0.39, 0.29) is 6.04 Å². The first-order valence-electron chi connectivity index (χ1n) is 7.61. The molecule has 10 heteroatoms. The zero-order chi connectivity index (χ0) is 17.9. The average molecular weight is 347 g/mol. The summed E-state index contributed by atoms with van der Waals surface area (Å²) in [6.45, 7) is 2.68. The molecule has 1 aromatic rings. The summed E-state index contributed by atoms with van der Waals surface area (Å²) in [7, 11) is 1.40. The molecule has 0 saturated carbocycles. The van der Waals surface area contributed by atoms with Gasteiger partial charge >= 0.3 is 12.2 Å². The minimum absolute atomic E-state index is 0.245. The van der Waals surface area contributed by atoms with Gasteiger partial charge in [-0.25, -0.2) is 4.79 Å². The molecule has 0 bridgehead atoms. The van der Waals surface area contributed by atoms with E-state index in [0.717, 1.165) is 12.5 Å².